The molecule has 5 rings (SSSR count). The highest BCUT2D eigenvalue weighted by molar-refractivity contribution is 7.94. The van der Waals surface area contributed by atoms with Gasteiger partial charge in [-0.25, -0.2) is 8.42 Å². The van der Waals surface area contributed by atoms with E-state index in [1.807, 2.05) is 61.5 Å². The summed E-state index contributed by atoms with van der Waals surface area (Å²) in [5.41, 5.74) is -0.489. The van der Waals surface area contributed by atoms with E-state index in [9.17, 15) is 8.42 Å². The van der Waals surface area contributed by atoms with E-state index in [1.54, 1.807) is 0 Å². The summed E-state index contributed by atoms with van der Waals surface area (Å²) in [5, 5.41) is 0. The molecular weight excluding hydrogens is 589 g/mol. The molecule has 12 heteroatoms. The molecule has 8 nitrogen and oxygen atoms in total. The van der Waals surface area contributed by atoms with Crippen LogP contribution in [0.2, 0.25) is 0 Å². The van der Waals surface area contributed by atoms with Crippen molar-refractivity contribution in [1.82, 2.24) is 0 Å². The monoisotopic (exact) mass is 650 g/mol. The van der Waals surface area contributed by atoms with Crippen molar-refractivity contribution in [3.05, 3.63) is 22.5 Å². The minimum absolute atomic E-state index is 0.108. The van der Waals surface area contributed by atoms with Gasteiger partial charge < -0.3 is 27.9 Å². The molecule has 2 aliphatic carbocycles. The predicted octanol–water partition coefficient (Wildman–Crippen LogP) is 7.64. The zero-order valence-corrected chi connectivity index (χ0v) is 31.4. The van der Waals surface area contributed by atoms with Crippen molar-refractivity contribution >= 4 is 31.0 Å². The molecule has 0 saturated carbocycles. The Labute approximate surface area is 276 Å². The van der Waals surface area contributed by atoms with Crippen LogP contribution in [0.1, 0.15) is 147 Å². The Morgan fingerprint density at radius 1 is 0.511 bits per heavy atom. The molecule has 0 unspecified atom stereocenters. The molecule has 5 aliphatic rings. The average molecular weight is 650 g/mol. The van der Waals surface area contributed by atoms with E-state index in [0.29, 0.717) is 4.91 Å². The van der Waals surface area contributed by atoms with E-state index >= 15 is 0 Å². The zero-order chi connectivity index (χ0) is 34.1. The van der Waals surface area contributed by atoms with Gasteiger partial charge in [0.25, 0.3) is 0 Å². The highest BCUT2D eigenvalue weighted by atomic mass is 32.2. The molecule has 3 aliphatic heterocycles. The summed E-state index contributed by atoms with van der Waals surface area (Å²) in [6, 6.07) is 0. The van der Waals surface area contributed by atoms with Crippen LogP contribution in [0.3, 0.4) is 0 Å². The average Bonchev–Trinajstić information content (AvgIpc) is 3.19. The van der Waals surface area contributed by atoms with E-state index in [4.69, 9.17) is 27.9 Å². The maximum absolute atomic E-state index is 11.1. The Morgan fingerprint density at radius 2 is 0.867 bits per heavy atom. The zero-order valence-electron chi connectivity index (χ0n) is 30.6. The first kappa shape index (κ1) is 38.8. The van der Waals surface area contributed by atoms with E-state index in [1.165, 1.54) is 37.4 Å². The van der Waals surface area contributed by atoms with Gasteiger partial charge in [-0.05, 0) is 134 Å². The van der Waals surface area contributed by atoms with Gasteiger partial charge in [0.05, 0.1) is 33.6 Å². The third-order valence-corrected chi connectivity index (χ3v) is 12.2. The lowest BCUT2D eigenvalue weighted by molar-refractivity contribution is 0.00578. The molecule has 0 aromatic rings. The van der Waals surface area contributed by atoms with Crippen LogP contribution in [0.15, 0.2) is 22.5 Å². The molecule has 0 amide bonds. The van der Waals surface area contributed by atoms with Gasteiger partial charge >= 0.3 is 21.1 Å². The van der Waals surface area contributed by atoms with Crippen molar-refractivity contribution in [2.45, 2.75) is 181 Å². The van der Waals surface area contributed by atoms with Gasteiger partial charge in [0, 0.05) is 11.2 Å². The van der Waals surface area contributed by atoms with Gasteiger partial charge in [-0.1, -0.05) is 31.4 Å². The van der Waals surface area contributed by atoms with Crippen LogP contribution in [-0.4, -0.2) is 69.4 Å². The van der Waals surface area contributed by atoms with Gasteiger partial charge in [-0.2, -0.15) is 0 Å². The smallest absolute Gasteiger partial charge is 0.405 e. The van der Waals surface area contributed by atoms with Crippen LogP contribution in [0.5, 0.6) is 0 Å². The minimum Gasteiger partial charge on any atom is -0.405 e. The largest absolute Gasteiger partial charge is 0.490 e. The third-order valence-electron chi connectivity index (χ3n) is 10.9. The summed E-state index contributed by atoms with van der Waals surface area (Å²) in [5.74, 6) is 0. The summed E-state index contributed by atoms with van der Waals surface area (Å²) in [6.07, 6.45) is 16.7. The van der Waals surface area contributed by atoms with Gasteiger partial charge in [0.2, 0.25) is 0 Å². The summed E-state index contributed by atoms with van der Waals surface area (Å²) in [6.45, 7) is 24.7. The van der Waals surface area contributed by atoms with Crippen molar-refractivity contribution in [2.24, 2.45) is 0 Å². The number of rotatable bonds is 3. The van der Waals surface area contributed by atoms with E-state index in [0.717, 1.165) is 38.5 Å². The molecule has 0 atom stereocenters. The Kier molecular flexibility index (Phi) is 12.2. The van der Waals surface area contributed by atoms with Crippen molar-refractivity contribution < 1.29 is 36.3 Å². The minimum atomic E-state index is -2.89. The fourth-order valence-corrected chi connectivity index (χ4v) is 6.51. The Hall–Kier alpha value is -0.615. The predicted molar refractivity (Wildman–Crippen MR) is 185 cm³/mol. The van der Waals surface area contributed by atoms with Gasteiger partial charge in [-0.15, -0.1) is 0 Å². The second-order valence-corrected chi connectivity index (χ2v) is 18.3. The number of allylic oxidation sites excluding steroid dienone is 4. The Bertz CT molecular complexity index is 1110. The van der Waals surface area contributed by atoms with Gasteiger partial charge in [0.15, 0.2) is 9.84 Å². The Balaban J connectivity index is 0.000000190. The summed E-state index contributed by atoms with van der Waals surface area (Å²) in [4.78, 5) is 0.648. The van der Waals surface area contributed by atoms with Crippen molar-refractivity contribution in [2.75, 3.05) is 6.26 Å². The quantitative estimate of drug-likeness (QED) is 0.288. The Morgan fingerprint density at radius 3 is 1.27 bits per heavy atom. The fourth-order valence-electron chi connectivity index (χ4n) is 5.57. The van der Waals surface area contributed by atoms with Crippen molar-refractivity contribution in [3.63, 3.8) is 0 Å². The van der Waals surface area contributed by atoms with Crippen LogP contribution < -0.4 is 0 Å². The maximum atomic E-state index is 11.1. The normalized spacial score (nSPS) is 28.1. The SMILES string of the molecule is CC1(C)OB(B2OC(C)(C)C(C)(C)O2)OC1(C)C.CC1(C)OB(C2=CCCCCC2)OC1(C)C.CS(=O)(=O)C1=CCCCCC1. The molecule has 45 heavy (non-hydrogen) atoms. The topological polar surface area (TPSA) is 89.5 Å². The highest BCUT2D eigenvalue weighted by Gasteiger charge is 2.63. The molecule has 3 heterocycles. The first-order valence-electron chi connectivity index (χ1n) is 17.1. The van der Waals surface area contributed by atoms with Crippen molar-refractivity contribution in [3.8, 4) is 0 Å². The first-order chi connectivity index (χ1) is 20.4. The molecule has 0 aromatic carbocycles. The summed E-state index contributed by atoms with van der Waals surface area (Å²) in [7, 11) is -3.95. The van der Waals surface area contributed by atoms with Crippen molar-refractivity contribution in [1.29, 1.82) is 0 Å². The summed E-state index contributed by atoms with van der Waals surface area (Å²) >= 11 is 0. The molecule has 0 radical (unpaired) electrons. The molecule has 0 aromatic heterocycles. The summed E-state index contributed by atoms with van der Waals surface area (Å²) < 4.78 is 58.1. The second kappa shape index (κ2) is 14.1. The second-order valence-electron chi connectivity index (χ2n) is 16.3. The van der Waals surface area contributed by atoms with Crippen LogP contribution in [0.4, 0.5) is 0 Å². The third kappa shape index (κ3) is 9.51. The van der Waals surface area contributed by atoms with Crippen LogP contribution in [-0.2, 0) is 37.8 Å². The van der Waals surface area contributed by atoms with Gasteiger partial charge in [-0.3, -0.25) is 0 Å². The maximum Gasteiger partial charge on any atom is 0.490 e. The lowest BCUT2D eigenvalue weighted by Gasteiger charge is -2.32. The fraction of sp³-hybridized carbons (Fsp3) is 0.879. The van der Waals surface area contributed by atoms with E-state index in [-0.39, 0.29) is 40.7 Å². The number of hydrogen-bond acceptors (Lipinski definition) is 8. The molecule has 3 fully saturated rings. The van der Waals surface area contributed by atoms with Crippen LogP contribution >= 0.6 is 0 Å². The first-order valence-corrected chi connectivity index (χ1v) is 18.9. The molecular formula is C33H61B3O8S. The van der Waals surface area contributed by atoms with E-state index in [2.05, 4.69) is 33.8 Å². The molecule has 256 valence electrons. The van der Waals surface area contributed by atoms with Gasteiger partial charge in [0.1, 0.15) is 0 Å². The molecule has 0 N–H and O–H groups in total. The lowest BCUT2D eigenvalue weighted by Crippen LogP contribution is -2.41. The molecule has 0 bridgehead atoms. The number of sulfone groups is 1. The van der Waals surface area contributed by atoms with Crippen LogP contribution in [0, 0.1) is 0 Å². The standard InChI is InChI=1S/C13H23BO2.C12H24B2O4.C8H14O2S/c1-12(2)13(3,4)16-14(15-12)11-9-7-5-6-8-10-11;1-9(2)10(3,4)16-13(15-9)14-17-11(5,6)12(7,8)18-14;1-11(9,10)8-6-4-2-3-5-7-8/h9H,5-8,10H2,1-4H3;1-8H3;6H,2-5,7H2,1H3. The number of hydrogen-bond donors (Lipinski definition) is 0. The molecule has 3 saturated heterocycles. The lowest BCUT2D eigenvalue weighted by atomic mass is 9.49. The van der Waals surface area contributed by atoms with Crippen LogP contribution in [0.25, 0.3) is 0 Å². The molecule has 0 spiro atoms. The highest BCUT2D eigenvalue weighted by Crippen LogP contribution is 2.43. The van der Waals surface area contributed by atoms with E-state index < -0.39 is 23.9 Å².